The van der Waals surface area contributed by atoms with Gasteiger partial charge in [0.15, 0.2) is 0 Å². The molecule has 0 aromatic carbocycles. The van der Waals surface area contributed by atoms with E-state index in [0.717, 1.165) is 42.6 Å². The lowest BCUT2D eigenvalue weighted by molar-refractivity contribution is -0.129. The summed E-state index contributed by atoms with van der Waals surface area (Å²) in [4.78, 5) is 2.35. The molecule has 0 saturated carbocycles. The van der Waals surface area contributed by atoms with Crippen molar-refractivity contribution in [3.8, 4) is 0 Å². The number of rotatable bonds is 4. The zero-order chi connectivity index (χ0) is 14.9. The Bertz CT molecular complexity index is 473. The minimum absolute atomic E-state index is 0.0679. The standard InChI is InChI=1S/C14H23Cl2N3O/c1-5-19-12(13(16)10(2)17-19)8-18-7-11(6-15)20-14(3,4)9-18/h11H,5-9H2,1-4H3. The molecule has 1 unspecified atom stereocenters. The van der Waals surface area contributed by atoms with Gasteiger partial charge < -0.3 is 4.74 Å². The fraction of sp³-hybridized carbons (Fsp3) is 0.786. The number of morpholine rings is 1. The molecule has 0 radical (unpaired) electrons. The predicted octanol–water partition coefficient (Wildman–Crippen LogP) is 3.08. The van der Waals surface area contributed by atoms with Crippen molar-refractivity contribution in [1.82, 2.24) is 14.7 Å². The normalized spacial score (nSPS) is 23.2. The molecule has 114 valence electrons. The first kappa shape index (κ1) is 16.1. The molecule has 1 aliphatic heterocycles. The largest absolute Gasteiger partial charge is 0.368 e. The van der Waals surface area contributed by atoms with Crippen LogP contribution in [0.4, 0.5) is 0 Å². The van der Waals surface area contributed by atoms with Crippen molar-refractivity contribution < 1.29 is 4.74 Å². The highest BCUT2D eigenvalue weighted by molar-refractivity contribution is 6.31. The van der Waals surface area contributed by atoms with Crippen LogP contribution in [0.15, 0.2) is 0 Å². The summed E-state index contributed by atoms with van der Waals surface area (Å²) in [5.74, 6) is 0.514. The second-order valence-electron chi connectivity index (χ2n) is 5.99. The summed E-state index contributed by atoms with van der Waals surface area (Å²) >= 11 is 12.4. The average Bonchev–Trinajstić information content (AvgIpc) is 2.64. The summed E-state index contributed by atoms with van der Waals surface area (Å²) < 4.78 is 7.94. The maximum Gasteiger partial charge on any atom is 0.0860 e. The quantitative estimate of drug-likeness (QED) is 0.799. The van der Waals surface area contributed by atoms with Gasteiger partial charge >= 0.3 is 0 Å². The zero-order valence-electron chi connectivity index (χ0n) is 12.6. The molecule has 1 aliphatic rings. The number of aromatic nitrogens is 2. The van der Waals surface area contributed by atoms with Gasteiger partial charge in [-0.05, 0) is 27.7 Å². The van der Waals surface area contributed by atoms with Crippen LogP contribution in [0, 0.1) is 6.92 Å². The summed E-state index contributed by atoms with van der Waals surface area (Å²) in [7, 11) is 0. The molecule has 0 aliphatic carbocycles. The van der Waals surface area contributed by atoms with E-state index in [0.29, 0.717) is 5.88 Å². The SMILES string of the molecule is CCn1nc(C)c(Cl)c1CN1CC(CCl)OC(C)(C)C1. The summed E-state index contributed by atoms with van der Waals surface area (Å²) in [5, 5.41) is 5.25. The first-order chi connectivity index (χ1) is 9.36. The van der Waals surface area contributed by atoms with Gasteiger partial charge in [0.1, 0.15) is 0 Å². The predicted molar refractivity (Wildman–Crippen MR) is 82.6 cm³/mol. The Hall–Kier alpha value is -0.290. The van der Waals surface area contributed by atoms with Gasteiger partial charge in [-0.25, -0.2) is 0 Å². The number of ether oxygens (including phenoxy) is 1. The van der Waals surface area contributed by atoms with Crippen molar-refractivity contribution in [3.05, 3.63) is 16.4 Å². The van der Waals surface area contributed by atoms with E-state index in [-0.39, 0.29) is 11.7 Å². The van der Waals surface area contributed by atoms with E-state index < -0.39 is 0 Å². The molecule has 20 heavy (non-hydrogen) atoms. The van der Waals surface area contributed by atoms with Gasteiger partial charge in [0.2, 0.25) is 0 Å². The van der Waals surface area contributed by atoms with E-state index in [1.807, 2.05) is 11.6 Å². The molecular weight excluding hydrogens is 297 g/mol. The number of nitrogens with zero attached hydrogens (tertiary/aromatic N) is 3. The fourth-order valence-corrected chi connectivity index (χ4v) is 3.21. The molecule has 0 spiro atoms. The Balaban J connectivity index is 2.17. The van der Waals surface area contributed by atoms with Gasteiger partial charge in [-0.1, -0.05) is 11.6 Å². The van der Waals surface area contributed by atoms with Gasteiger partial charge in [-0.3, -0.25) is 9.58 Å². The molecule has 1 aromatic heterocycles. The van der Waals surface area contributed by atoms with Crippen LogP contribution >= 0.6 is 23.2 Å². The average molecular weight is 320 g/mol. The number of hydrogen-bond acceptors (Lipinski definition) is 3. The van der Waals surface area contributed by atoms with Crippen LogP contribution in [-0.4, -0.2) is 45.4 Å². The molecule has 0 bridgehead atoms. The van der Waals surface area contributed by atoms with E-state index in [4.69, 9.17) is 27.9 Å². The topological polar surface area (TPSA) is 30.3 Å². The van der Waals surface area contributed by atoms with Crippen molar-refractivity contribution in [2.75, 3.05) is 19.0 Å². The van der Waals surface area contributed by atoms with Crippen LogP contribution in [0.5, 0.6) is 0 Å². The Labute approximate surface area is 131 Å². The minimum Gasteiger partial charge on any atom is -0.368 e. The monoisotopic (exact) mass is 319 g/mol. The zero-order valence-corrected chi connectivity index (χ0v) is 14.1. The molecule has 1 atom stereocenters. The van der Waals surface area contributed by atoms with E-state index >= 15 is 0 Å². The molecule has 0 amide bonds. The summed E-state index contributed by atoms with van der Waals surface area (Å²) in [5.41, 5.74) is 1.79. The second kappa shape index (κ2) is 6.22. The molecule has 6 heteroatoms. The third-order valence-electron chi connectivity index (χ3n) is 3.55. The van der Waals surface area contributed by atoms with Gasteiger partial charge in [0, 0.05) is 32.1 Å². The van der Waals surface area contributed by atoms with E-state index in [9.17, 15) is 0 Å². The van der Waals surface area contributed by atoms with Crippen LogP contribution in [0.1, 0.15) is 32.2 Å². The van der Waals surface area contributed by atoms with Crippen molar-refractivity contribution in [2.45, 2.75) is 52.5 Å². The Kier molecular flexibility index (Phi) is 5.00. The smallest absolute Gasteiger partial charge is 0.0860 e. The number of hydrogen-bond donors (Lipinski definition) is 0. The maximum atomic E-state index is 6.39. The first-order valence-corrected chi connectivity index (χ1v) is 7.95. The molecular formula is C14H23Cl2N3O. The minimum atomic E-state index is -0.184. The van der Waals surface area contributed by atoms with E-state index in [2.05, 4.69) is 30.8 Å². The van der Waals surface area contributed by atoms with Crippen LogP contribution in [0.25, 0.3) is 0 Å². The number of halogens is 2. The van der Waals surface area contributed by atoms with Crippen LogP contribution in [0.3, 0.4) is 0 Å². The molecule has 1 saturated heterocycles. The molecule has 2 heterocycles. The summed E-state index contributed by atoms with van der Waals surface area (Å²) in [6, 6.07) is 0. The lowest BCUT2D eigenvalue weighted by Crippen LogP contribution is -2.53. The lowest BCUT2D eigenvalue weighted by atomic mass is 10.1. The van der Waals surface area contributed by atoms with Gasteiger partial charge in [-0.2, -0.15) is 5.10 Å². The van der Waals surface area contributed by atoms with Gasteiger partial charge in [-0.15, -0.1) is 11.6 Å². The van der Waals surface area contributed by atoms with Crippen molar-refractivity contribution in [2.24, 2.45) is 0 Å². The maximum absolute atomic E-state index is 6.39. The molecule has 1 fully saturated rings. The molecule has 0 N–H and O–H groups in total. The van der Waals surface area contributed by atoms with Crippen LogP contribution < -0.4 is 0 Å². The molecule has 4 nitrogen and oxygen atoms in total. The van der Waals surface area contributed by atoms with E-state index in [1.165, 1.54) is 0 Å². The van der Waals surface area contributed by atoms with Crippen LogP contribution in [-0.2, 0) is 17.8 Å². The van der Waals surface area contributed by atoms with Crippen molar-refractivity contribution >= 4 is 23.2 Å². The fourth-order valence-electron chi connectivity index (χ4n) is 2.85. The summed E-state index contributed by atoms with van der Waals surface area (Å²) in [6.45, 7) is 11.5. The second-order valence-corrected chi connectivity index (χ2v) is 6.67. The summed E-state index contributed by atoms with van der Waals surface area (Å²) in [6.07, 6.45) is 0.0679. The Morgan fingerprint density at radius 3 is 2.75 bits per heavy atom. The van der Waals surface area contributed by atoms with Crippen molar-refractivity contribution in [1.29, 1.82) is 0 Å². The van der Waals surface area contributed by atoms with Crippen molar-refractivity contribution in [3.63, 3.8) is 0 Å². The van der Waals surface area contributed by atoms with Gasteiger partial charge in [0.05, 0.1) is 28.1 Å². The Morgan fingerprint density at radius 1 is 1.45 bits per heavy atom. The van der Waals surface area contributed by atoms with Gasteiger partial charge in [0.25, 0.3) is 0 Å². The highest BCUT2D eigenvalue weighted by atomic mass is 35.5. The number of alkyl halides is 1. The molecule has 2 rings (SSSR count). The third kappa shape index (κ3) is 3.48. The van der Waals surface area contributed by atoms with Crippen LogP contribution in [0.2, 0.25) is 5.02 Å². The Morgan fingerprint density at radius 2 is 2.15 bits per heavy atom. The van der Waals surface area contributed by atoms with E-state index in [1.54, 1.807) is 0 Å². The highest BCUT2D eigenvalue weighted by Gasteiger charge is 2.33. The molecule has 1 aromatic rings. The highest BCUT2D eigenvalue weighted by Crippen LogP contribution is 2.26. The first-order valence-electron chi connectivity index (χ1n) is 7.04. The third-order valence-corrected chi connectivity index (χ3v) is 4.39. The lowest BCUT2D eigenvalue weighted by Gasteiger charge is -2.42. The number of aryl methyl sites for hydroxylation is 2.